The van der Waals surface area contributed by atoms with E-state index < -0.39 is 10.0 Å². The molecule has 0 N–H and O–H groups in total. The molecule has 0 saturated carbocycles. The van der Waals surface area contributed by atoms with Crippen molar-refractivity contribution in [1.29, 1.82) is 0 Å². The first-order valence-corrected chi connectivity index (χ1v) is 12.6. The molecule has 0 radical (unpaired) electrons. The molecule has 1 aromatic rings. The number of fused-ring (bicyclic) bond motifs is 1. The number of anilines is 1. The van der Waals surface area contributed by atoms with Crippen molar-refractivity contribution in [3.8, 4) is 0 Å². The summed E-state index contributed by atoms with van der Waals surface area (Å²) in [5.41, 5.74) is 1.46. The van der Waals surface area contributed by atoms with Crippen molar-refractivity contribution in [2.45, 2.75) is 43.9 Å². The molecule has 0 aliphatic carbocycles. The number of aryl methyl sites for hydroxylation is 1. The number of piperidine rings is 1. The number of hydrogen-bond donors (Lipinski definition) is 0. The molecule has 1 aromatic carbocycles. The van der Waals surface area contributed by atoms with Gasteiger partial charge in [0, 0.05) is 38.3 Å². The molecule has 3 aliphatic heterocycles. The number of sulfonamides is 1. The molecular weight excluding hydrogens is 418 g/mol. The quantitative estimate of drug-likeness (QED) is 0.697. The Morgan fingerprint density at radius 1 is 1.10 bits per heavy atom. The Morgan fingerprint density at radius 2 is 1.81 bits per heavy atom. The van der Waals surface area contributed by atoms with Crippen molar-refractivity contribution >= 4 is 27.5 Å². The molecule has 170 valence electrons. The van der Waals surface area contributed by atoms with E-state index in [-0.39, 0.29) is 23.3 Å². The van der Waals surface area contributed by atoms with Gasteiger partial charge in [0.05, 0.1) is 18.1 Å². The highest BCUT2D eigenvalue weighted by molar-refractivity contribution is 7.89. The normalized spacial score (nSPS) is 21.6. The van der Waals surface area contributed by atoms with Gasteiger partial charge in [0.1, 0.15) is 6.54 Å². The van der Waals surface area contributed by atoms with Crippen molar-refractivity contribution in [1.82, 2.24) is 9.21 Å². The van der Waals surface area contributed by atoms with Gasteiger partial charge in [-0.2, -0.15) is 4.31 Å². The maximum atomic E-state index is 13.2. The summed E-state index contributed by atoms with van der Waals surface area (Å²) in [7, 11) is -3.56. The first kappa shape index (κ1) is 22.2. The number of carbonyl (C=O) groups excluding carboxylic acids is 2. The SMILES string of the molecule is CC1CCN(S(=O)(=O)c2ccc3c(c2)CCCC(=O)N3CC(=O)N2CCOCC2)CC1. The van der Waals surface area contributed by atoms with Crippen molar-refractivity contribution in [3.05, 3.63) is 23.8 Å². The molecule has 8 nitrogen and oxygen atoms in total. The molecule has 0 spiro atoms. The van der Waals surface area contributed by atoms with Gasteiger partial charge < -0.3 is 14.5 Å². The average Bonchev–Trinajstić information content (AvgIpc) is 2.93. The van der Waals surface area contributed by atoms with Crippen molar-refractivity contribution in [2.75, 3.05) is 50.8 Å². The van der Waals surface area contributed by atoms with Crippen LogP contribution in [0.15, 0.2) is 23.1 Å². The lowest BCUT2D eigenvalue weighted by Crippen LogP contribution is -2.47. The highest BCUT2D eigenvalue weighted by Crippen LogP contribution is 2.31. The minimum atomic E-state index is -3.56. The van der Waals surface area contributed by atoms with Crippen LogP contribution in [-0.2, 0) is 30.8 Å². The van der Waals surface area contributed by atoms with Crippen LogP contribution in [0.1, 0.15) is 38.2 Å². The Balaban J connectivity index is 1.58. The summed E-state index contributed by atoms with van der Waals surface area (Å²) in [5.74, 6) is 0.340. The standard InChI is InChI=1S/C22H31N3O5S/c1-17-7-9-24(10-8-17)31(28,29)19-5-6-20-18(15-19)3-2-4-21(26)25(20)16-22(27)23-11-13-30-14-12-23/h5-6,15,17H,2-4,7-14,16H2,1H3. The Bertz CT molecular complexity index is 934. The van der Waals surface area contributed by atoms with Gasteiger partial charge in [-0.1, -0.05) is 6.92 Å². The minimum absolute atomic E-state index is 0.0258. The lowest BCUT2D eigenvalue weighted by atomic mass is 10.0. The van der Waals surface area contributed by atoms with Crippen molar-refractivity contribution in [2.24, 2.45) is 5.92 Å². The summed E-state index contributed by atoms with van der Waals surface area (Å²) in [6.07, 6.45) is 3.34. The highest BCUT2D eigenvalue weighted by Gasteiger charge is 2.31. The van der Waals surface area contributed by atoms with Crippen molar-refractivity contribution in [3.63, 3.8) is 0 Å². The van der Waals surface area contributed by atoms with E-state index in [0.29, 0.717) is 70.3 Å². The number of morpholine rings is 1. The third-order valence-corrected chi connectivity index (χ3v) is 8.41. The fourth-order valence-electron chi connectivity index (χ4n) is 4.48. The fraction of sp³-hybridized carbons (Fsp3) is 0.636. The van der Waals surface area contributed by atoms with Gasteiger partial charge >= 0.3 is 0 Å². The Hall–Kier alpha value is -1.97. The van der Waals surface area contributed by atoms with E-state index >= 15 is 0 Å². The van der Waals surface area contributed by atoms with Crippen molar-refractivity contribution < 1.29 is 22.7 Å². The predicted molar refractivity (Wildman–Crippen MR) is 116 cm³/mol. The molecule has 0 unspecified atom stereocenters. The zero-order valence-electron chi connectivity index (χ0n) is 18.1. The molecule has 31 heavy (non-hydrogen) atoms. The second-order valence-electron chi connectivity index (χ2n) is 8.70. The molecule has 0 aromatic heterocycles. The van der Waals surface area contributed by atoms with Crippen LogP contribution in [0.5, 0.6) is 0 Å². The number of benzene rings is 1. The summed E-state index contributed by atoms with van der Waals surface area (Å²) < 4.78 is 33.2. The van der Waals surface area contributed by atoms with Crippen LogP contribution in [0.25, 0.3) is 0 Å². The summed E-state index contributed by atoms with van der Waals surface area (Å²) in [4.78, 5) is 29.0. The van der Waals surface area contributed by atoms with E-state index in [1.54, 1.807) is 27.4 Å². The van der Waals surface area contributed by atoms with E-state index in [1.807, 2.05) is 0 Å². The van der Waals surface area contributed by atoms with Gasteiger partial charge in [0.2, 0.25) is 21.8 Å². The maximum Gasteiger partial charge on any atom is 0.243 e. The second-order valence-corrected chi connectivity index (χ2v) is 10.6. The smallest absolute Gasteiger partial charge is 0.243 e. The van der Waals surface area contributed by atoms with E-state index in [2.05, 4.69) is 6.92 Å². The largest absolute Gasteiger partial charge is 0.378 e. The number of hydrogen-bond acceptors (Lipinski definition) is 5. The third-order valence-electron chi connectivity index (χ3n) is 6.52. The molecular formula is C22H31N3O5S. The highest BCUT2D eigenvalue weighted by atomic mass is 32.2. The topological polar surface area (TPSA) is 87.2 Å². The molecule has 0 atom stereocenters. The molecule has 2 saturated heterocycles. The zero-order valence-corrected chi connectivity index (χ0v) is 18.9. The van der Waals surface area contributed by atoms with Gasteiger partial charge in [-0.25, -0.2) is 8.42 Å². The van der Waals surface area contributed by atoms with Crippen LogP contribution in [0, 0.1) is 5.92 Å². The predicted octanol–water partition coefficient (Wildman–Crippen LogP) is 1.64. The summed E-state index contributed by atoms with van der Waals surface area (Å²) in [5, 5.41) is 0. The summed E-state index contributed by atoms with van der Waals surface area (Å²) in [6, 6.07) is 4.98. The van der Waals surface area contributed by atoms with Crippen LogP contribution in [0.4, 0.5) is 5.69 Å². The van der Waals surface area contributed by atoms with Gasteiger partial charge in [-0.15, -0.1) is 0 Å². The van der Waals surface area contributed by atoms with Crippen LogP contribution in [0.2, 0.25) is 0 Å². The molecule has 2 fully saturated rings. The van der Waals surface area contributed by atoms with E-state index in [9.17, 15) is 18.0 Å². The molecule has 4 rings (SSSR count). The van der Waals surface area contributed by atoms with Crippen LogP contribution in [0.3, 0.4) is 0 Å². The molecule has 9 heteroatoms. The molecule has 3 aliphatic rings. The number of ether oxygens (including phenoxy) is 1. The Labute approximate surface area is 184 Å². The number of carbonyl (C=O) groups is 2. The summed E-state index contributed by atoms with van der Waals surface area (Å²) >= 11 is 0. The first-order valence-electron chi connectivity index (χ1n) is 11.2. The average molecular weight is 450 g/mol. The summed E-state index contributed by atoms with van der Waals surface area (Å²) in [6.45, 7) is 5.27. The van der Waals surface area contributed by atoms with E-state index in [1.165, 1.54) is 4.90 Å². The first-order chi connectivity index (χ1) is 14.9. The van der Waals surface area contributed by atoms with Crippen LogP contribution in [-0.4, -0.2) is 75.4 Å². The number of nitrogens with zero attached hydrogens (tertiary/aromatic N) is 3. The lowest BCUT2D eigenvalue weighted by molar-refractivity contribution is -0.135. The minimum Gasteiger partial charge on any atom is -0.378 e. The molecule has 2 amide bonds. The monoisotopic (exact) mass is 449 g/mol. The Kier molecular flexibility index (Phi) is 6.64. The second kappa shape index (κ2) is 9.26. The van der Waals surface area contributed by atoms with Crippen LogP contribution >= 0.6 is 0 Å². The lowest BCUT2D eigenvalue weighted by Gasteiger charge is -2.31. The number of rotatable bonds is 4. The van der Waals surface area contributed by atoms with Gasteiger partial charge in [-0.3, -0.25) is 9.59 Å². The van der Waals surface area contributed by atoms with Gasteiger partial charge in [-0.05, 0) is 55.4 Å². The molecule has 3 heterocycles. The van der Waals surface area contributed by atoms with E-state index in [0.717, 1.165) is 18.4 Å². The fourth-order valence-corrected chi connectivity index (χ4v) is 6.00. The van der Waals surface area contributed by atoms with Gasteiger partial charge in [0.15, 0.2) is 0 Å². The van der Waals surface area contributed by atoms with Gasteiger partial charge in [0.25, 0.3) is 0 Å². The van der Waals surface area contributed by atoms with Crippen LogP contribution < -0.4 is 4.90 Å². The van der Waals surface area contributed by atoms with E-state index in [4.69, 9.17) is 4.74 Å². The third kappa shape index (κ3) is 4.78. The maximum absolute atomic E-state index is 13.2. The number of amides is 2. The molecule has 0 bridgehead atoms. The Morgan fingerprint density at radius 3 is 2.52 bits per heavy atom. The zero-order chi connectivity index (χ0) is 22.0.